The maximum absolute atomic E-state index is 12.8. The van der Waals surface area contributed by atoms with E-state index in [0.29, 0.717) is 5.57 Å². The van der Waals surface area contributed by atoms with Gasteiger partial charge in [0.1, 0.15) is 5.60 Å². The van der Waals surface area contributed by atoms with Gasteiger partial charge in [-0.2, -0.15) is 0 Å². The molecule has 1 amide bonds. The molecule has 134 valence electrons. The molecule has 1 saturated heterocycles. The van der Waals surface area contributed by atoms with Crippen LogP contribution in [0.1, 0.15) is 33.6 Å². The van der Waals surface area contributed by atoms with Crippen LogP contribution in [-0.2, 0) is 19.1 Å². The van der Waals surface area contributed by atoms with Gasteiger partial charge in [0.25, 0.3) is 0 Å². The Hall–Kier alpha value is -2.05. The first-order valence-corrected chi connectivity index (χ1v) is 8.08. The molecule has 0 N–H and O–H groups in total. The molecule has 1 heterocycles. The second kappa shape index (κ2) is 6.45. The smallest absolute Gasteiger partial charge is 0.411 e. The van der Waals surface area contributed by atoms with Crippen LogP contribution in [0, 0.1) is 5.92 Å². The molecule has 2 fully saturated rings. The Morgan fingerprint density at radius 1 is 1.25 bits per heavy atom. The van der Waals surface area contributed by atoms with Crippen LogP contribution < -0.4 is 0 Å². The van der Waals surface area contributed by atoms with Crippen LogP contribution in [0.2, 0.25) is 0 Å². The van der Waals surface area contributed by atoms with E-state index in [1.165, 1.54) is 12.0 Å². The van der Waals surface area contributed by atoms with E-state index < -0.39 is 35.5 Å². The summed E-state index contributed by atoms with van der Waals surface area (Å²) in [7, 11) is 4.81. The number of nitrogens with zero attached hydrogens (tertiary/aromatic N) is 2. The number of hydrogen-bond donors (Lipinski definition) is 0. The average Bonchev–Trinajstić information content (AvgIpc) is 3.22. The highest BCUT2D eigenvalue weighted by Crippen LogP contribution is 2.44. The summed E-state index contributed by atoms with van der Waals surface area (Å²) in [6.45, 7) is 5.25. The number of methoxy groups -OCH3 is 1. The third-order valence-corrected chi connectivity index (χ3v) is 3.92. The Kier molecular flexibility index (Phi) is 4.92. The van der Waals surface area contributed by atoms with Crippen LogP contribution in [0.25, 0.3) is 0 Å². The van der Waals surface area contributed by atoms with Gasteiger partial charge in [-0.3, -0.25) is 9.69 Å². The molecule has 2 atom stereocenters. The number of amides is 1. The molecule has 1 aliphatic heterocycles. The van der Waals surface area contributed by atoms with E-state index in [0.717, 1.165) is 12.8 Å². The Morgan fingerprint density at radius 3 is 2.25 bits per heavy atom. The lowest BCUT2D eigenvalue weighted by Gasteiger charge is -2.30. The minimum absolute atomic E-state index is 0.169. The highest BCUT2D eigenvalue weighted by Gasteiger charge is 2.56. The third-order valence-electron chi connectivity index (χ3n) is 3.92. The highest BCUT2D eigenvalue weighted by atomic mass is 16.6. The number of rotatable bonds is 3. The van der Waals surface area contributed by atoms with E-state index in [4.69, 9.17) is 9.47 Å². The molecule has 0 bridgehead atoms. The van der Waals surface area contributed by atoms with Crippen molar-refractivity contribution in [2.24, 2.45) is 5.92 Å². The zero-order valence-electron chi connectivity index (χ0n) is 15.2. The summed E-state index contributed by atoms with van der Waals surface area (Å²) < 4.78 is 10.2. The van der Waals surface area contributed by atoms with Crippen LogP contribution in [0.15, 0.2) is 11.8 Å². The maximum Gasteiger partial charge on any atom is 0.411 e. The molecule has 0 radical (unpaired) electrons. The topological polar surface area (TPSA) is 76.2 Å². The third kappa shape index (κ3) is 3.71. The van der Waals surface area contributed by atoms with Crippen molar-refractivity contribution in [2.75, 3.05) is 21.2 Å². The predicted octanol–water partition coefficient (Wildman–Crippen LogP) is 1.57. The largest absolute Gasteiger partial charge is 0.467 e. The monoisotopic (exact) mass is 338 g/mol. The Balaban J connectivity index is 2.46. The number of carbonyl (C=O) groups excluding carboxylic acids is 3. The van der Waals surface area contributed by atoms with Gasteiger partial charge in [-0.15, -0.1) is 0 Å². The molecule has 0 spiro atoms. The molecule has 0 aromatic carbocycles. The van der Waals surface area contributed by atoms with E-state index in [1.54, 1.807) is 46.0 Å². The summed E-state index contributed by atoms with van der Waals surface area (Å²) in [4.78, 5) is 40.7. The first kappa shape index (κ1) is 18.3. The fourth-order valence-electron chi connectivity index (χ4n) is 2.92. The van der Waals surface area contributed by atoms with Crippen molar-refractivity contribution >= 4 is 17.8 Å². The second-order valence-corrected chi connectivity index (χ2v) is 7.51. The Morgan fingerprint density at radius 2 is 1.83 bits per heavy atom. The zero-order chi connectivity index (χ0) is 18.2. The molecule has 7 nitrogen and oxygen atoms in total. The zero-order valence-corrected chi connectivity index (χ0v) is 15.2. The highest BCUT2D eigenvalue weighted by molar-refractivity contribution is 6.16. The Bertz CT molecular complexity index is 572. The van der Waals surface area contributed by atoms with Crippen LogP contribution in [0.3, 0.4) is 0 Å². The second-order valence-electron chi connectivity index (χ2n) is 7.51. The number of ketones is 1. The fourth-order valence-corrected chi connectivity index (χ4v) is 2.92. The van der Waals surface area contributed by atoms with Gasteiger partial charge in [-0.25, -0.2) is 9.59 Å². The van der Waals surface area contributed by atoms with Gasteiger partial charge in [0.15, 0.2) is 11.8 Å². The molecule has 2 aliphatic rings. The molecular formula is C17H26N2O5. The van der Waals surface area contributed by atoms with Gasteiger partial charge in [0.2, 0.25) is 0 Å². The first-order chi connectivity index (χ1) is 11.1. The summed E-state index contributed by atoms with van der Waals surface area (Å²) in [5.41, 5.74) is -0.258. The van der Waals surface area contributed by atoms with Crippen molar-refractivity contribution in [3.63, 3.8) is 0 Å². The van der Waals surface area contributed by atoms with Gasteiger partial charge in [-0.1, -0.05) is 0 Å². The lowest BCUT2D eigenvalue weighted by Crippen LogP contribution is -2.49. The average molecular weight is 338 g/mol. The summed E-state index contributed by atoms with van der Waals surface area (Å²) >= 11 is 0. The molecule has 1 saturated carbocycles. The van der Waals surface area contributed by atoms with E-state index >= 15 is 0 Å². The van der Waals surface area contributed by atoms with Gasteiger partial charge in [0.05, 0.1) is 13.2 Å². The van der Waals surface area contributed by atoms with Crippen molar-refractivity contribution in [3.8, 4) is 0 Å². The normalized spacial score (nSPS) is 25.8. The lowest BCUT2D eigenvalue weighted by atomic mass is 10.0. The minimum atomic E-state index is -1.28. The van der Waals surface area contributed by atoms with E-state index in [-0.39, 0.29) is 5.92 Å². The number of Topliss-reactive ketones (excluding diaryl/α,β-unsaturated/α-hetero) is 1. The minimum Gasteiger partial charge on any atom is -0.467 e. The number of carbonyl (C=O) groups is 3. The number of hydrogen-bond acceptors (Lipinski definition) is 6. The van der Waals surface area contributed by atoms with Crippen molar-refractivity contribution in [3.05, 3.63) is 11.8 Å². The SMILES string of the molecule is COC(=O)C1C(=O)C(=CN(C)C)C(C2CC2)N1C(=O)OC(C)(C)C. The number of likely N-dealkylation sites (tertiary alicyclic amines) is 1. The van der Waals surface area contributed by atoms with Gasteiger partial charge < -0.3 is 14.4 Å². The van der Waals surface area contributed by atoms with Crippen LogP contribution in [-0.4, -0.2) is 66.5 Å². The molecule has 1 aliphatic carbocycles. The molecular weight excluding hydrogens is 312 g/mol. The molecule has 0 aromatic heterocycles. The summed E-state index contributed by atoms with van der Waals surface area (Å²) in [5, 5.41) is 0. The van der Waals surface area contributed by atoms with Crippen LogP contribution in [0.5, 0.6) is 0 Å². The van der Waals surface area contributed by atoms with E-state index in [1.807, 2.05) is 0 Å². The quantitative estimate of drug-likeness (QED) is 0.442. The number of ether oxygens (including phenoxy) is 2. The lowest BCUT2D eigenvalue weighted by molar-refractivity contribution is -0.148. The van der Waals surface area contributed by atoms with Crippen molar-refractivity contribution in [1.82, 2.24) is 9.80 Å². The Labute approximate surface area is 142 Å². The summed E-state index contributed by atoms with van der Waals surface area (Å²) in [6.07, 6.45) is 2.85. The van der Waals surface area contributed by atoms with Gasteiger partial charge in [-0.05, 0) is 39.5 Å². The van der Waals surface area contributed by atoms with Crippen molar-refractivity contribution in [1.29, 1.82) is 0 Å². The van der Waals surface area contributed by atoms with Crippen molar-refractivity contribution < 1.29 is 23.9 Å². The molecule has 24 heavy (non-hydrogen) atoms. The fraction of sp³-hybridized carbons (Fsp3) is 0.706. The molecule has 0 aromatic rings. The standard InChI is InChI=1S/C17H26N2O5/c1-17(2,3)24-16(22)19-12(10-7-8-10)11(9-18(4)5)14(20)13(19)15(21)23-6/h9-10,12-13H,7-8H2,1-6H3. The van der Waals surface area contributed by atoms with Gasteiger partial charge >= 0.3 is 12.1 Å². The first-order valence-electron chi connectivity index (χ1n) is 8.08. The predicted molar refractivity (Wildman–Crippen MR) is 87.2 cm³/mol. The van der Waals surface area contributed by atoms with Crippen LogP contribution >= 0.6 is 0 Å². The molecule has 7 heteroatoms. The maximum atomic E-state index is 12.8. The van der Waals surface area contributed by atoms with E-state index in [9.17, 15) is 14.4 Å². The summed E-state index contributed by atoms with van der Waals surface area (Å²) in [5.74, 6) is -0.959. The number of esters is 1. The van der Waals surface area contributed by atoms with E-state index in [2.05, 4.69) is 0 Å². The molecule has 2 unspecified atom stereocenters. The summed E-state index contributed by atoms with van der Waals surface area (Å²) in [6, 6.07) is -1.72. The van der Waals surface area contributed by atoms with Crippen LogP contribution in [0.4, 0.5) is 4.79 Å². The van der Waals surface area contributed by atoms with Crippen molar-refractivity contribution in [2.45, 2.75) is 51.3 Å². The van der Waals surface area contributed by atoms with Gasteiger partial charge in [0, 0.05) is 25.9 Å². The molecule has 2 rings (SSSR count).